The molecule has 0 radical (unpaired) electrons. The van der Waals surface area contributed by atoms with Crippen LogP contribution in [0.5, 0.6) is 11.8 Å². The van der Waals surface area contributed by atoms with Gasteiger partial charge in [-0.2, -0.15) is 9.97 Å². The van der Waals surface area contributed by atoms with Crippen molar-refractivity contribution < 1.29 is 27.4 Å². The molecule has 4 aromatic rings. The Labute approximate surface area is 252 Å². The maximum Gasteiger partial charge on any atom is 0.319 e. The number of aromatic hydroxyl groups is 1. The monoisotopic (exact) mass is 610 g/mol. The van der Waals surface area contributed by atoms with E-state index in [0.717, 1.165) is 38.4 Å². The lowest BCUT2D eigenvalue weighted by Crippen LogP contribution is -2.50. The van der Waals surface area contributed by atoms with Crippen molar-refractivity contribution in [2.24, 2.45) is 0 Å². The van der Waals surface area contributed by atoms with Crippen molar-refractivity contribution in [1.82, 2.24) is 25.2 Å². The van der Waals surface area contributed by atoms with Gasteiger partial charge in [-0.1, -0.05) is 13.0 Å². The number of hydrogen-bond donors (Lipinski definition) is 2. The molecule has 0 unspecified atom stereocenters. The second-order valence-corrected chi connectivity index (χ2v) is 12.1. The molecule has 232 valence electrons. The quantitative estimate of drug-likeness (QED) is 0.268. The van der Waals surface area contributed by atoms with Gasteiger partial charge in [0.2, 0.25) is 0 Å². The molecule has 8 nitrogen and oxygen atoms in total. The van der Waals surface area contributed by atoms with E-state index in [4.69, 9.17) is 9.72 Å². The van der Waals surface area contributed by atoms with Crippen LogP contribution in [0.2, 0.25) is 0 Å². The standard InChI is InChI=1S/C32H34F4N6O2/c1-2-20-16-41(9-7-37-20)30-24-14-38-28(22-11-21(43)10-18-4-5-25(35)27(36)26(18)22)23(13-33)29(24)39-31(40-30)44-17-32-6-3-8-42(32)15-19(34)12-32/h4-5,10-11,14,19-20,37,43H,2-3,6-9,12-13,15-17H2,1H3/t19-,20-,32+/m0/s1. The van der Waals surface area contributed by atoms with Crippen LogP contribution in [0.25, 0.3) is 32.9 Å². The minimum Gasteiger partial charge on any atom is -0.508 e. The van der Waals surface area contributed by atoms with Gasteiger partial charge in [0.25, 0.3) is 0 Å². The predicted octanol–water partition coefficient (Wildman–Crippen LogP) is 5.44. The molecule has 12 heteroatoms. The predicted molar refractivity (Wildman–Crippen MR) is 160 cm³/mol. The molecular formula is C32H34F4N6O2. The molecule has 2 aromatic heterocycles. The van der Waals surface area contributed by atoms with Crippen LogP contribution in [0, 0.1) is 11.6 Å². The SMILES string of the molecule is CC[C@H]1CN(c2nc(OC[C@]34CCCN3C[C@@H](F)C4)nc3c(CF)c(-c4cc(O)cc5ccc(F)c(F)c45)ncc23)CCN1. The molecule has 2 N–H and O–H groups in total. The van der Waals surface area contributed by atoms with E-state index in [1.807, 2.05) is 0 Å². The number of anilines is 1. The van der Waals surface area contributed by atoms with Crippen LogP contribution in [0.4, 0.5) is 23.4 Å². The lowest BCUT2D eigenvalue weighted by molar-refractivity contribution is 0.107. The Morgan fingerprint density at radius 1 is 1.16 bits per heavy atom. The second kappa shape index (κ2) is 11.3. The van der Waals surface area contributed by atoms with E-state index in [-0.39, 0.29) is 57.5 Å². The minimum atomic E-state index is -1.12. The molecule has 0 amide bonds. The average molecular weight is 611 g/mol. The van der Waals surface area contributed by atoms with Crippen LogP contribution >= 0.6 is 0 Å². The number of hydrogen-bond acceptors (Lipinski definition) is 8. The zero-order valence-corrected chi connectivity index (χ0v) is 24.4. The minimum absolute atomic E-state index is 0.0318. The summed E-state index contributed by atoms with van der Waals surface area (Å²) in [5.74, 6) is -1.86. The number of piperazine rings is 1. The molecular weight excluding hydrogens is 576 g/mol. The van der Waals surface area contributed by atoms with Gasteiger partial charge in [0.05, 0.1) is 22.1 Å². The number of alkyl halides is 2. The van der Waals surface area contributed by atoms with Crippen molar-refractivity contribution in [2.75, 3.05) is 44.2 Å². The van der Waals surface area contributed by atoms with Crippen molar-refractivity contribution in [3.63, 3.8) is 0 Å². The van der Waals surface area contributed by atoms with Gasteiger partial charge >= 0.3 is 6.01 Å². The number of nitrogens with zero attached hydrogens (tertiary/aromatic N) is 5. The Morgan fingerprint density at radius 3 is 2.84 bits per heavy atom. The highest BCUT2D eigenvalue weighted by Crippen LogP contribution is 2.42. The first-order chi connectivity index (χ1) is 21.3. The van der Waals surface area contributed by atoms with Gasteiger partial charge in [-0.3, -0.25) is 9.88 Å². The van der Waals surface area contributed by atoms with E-state index in [1.165, 1.54) is 24.4 Å². The summed E-state index contributed by atoms with van der Waals surface area (Å²) in [7, 11) is 0. The number of ether oxygens (including phenoxy) is 1. The van der Waals surface area contributed by atoms with E-state index < -0.39 is 30.0 Å². The number of rotatable bonds is 7. The Morgan fingerprint density at radius 2 is 2.02 bits per heavy atom. The van der Waals surface area contributed by atoms with Crippen molar-refractivity contribution in [3.8, 4) is 23.0 Å². The summed E-state index contributed by atoms with van der Waals surface area (Å²) in [6.07, 6.45) is 3.63. The van der Waals surface area contributed by atoms with Crippen LogP contribution < -0.4 is 15.0 Å². The van der Waals surface area contributed by atoms with E-state index in [2.05, 4.69) is 32.0 Å². The molecule has 0 aliphatic carbocycles. The fraction of sp³-hybridized carbons (Fsp3) is 0.469. The third-order valence-corrected chi connectivity index (χ3v) is 9.46. The molecule has 0 spiro atoms. The number of nitrogens with one attached hydrogen (secondary N) is 1. The van der Waals surface area contributed by atoms with Gasteiger partial charge in [-0.15, -0.1) is 0 Å². The largest absolute Gasteiger partial charge is 0.508 e. The molecule has 3 aliphatic rings. The molecule has 7 rings (SSSR count). The van der Waals surface area contributed by atoms with Gasteiger partial charge in [-0.25, -0.2) is 17.6 Å². The van der Waals surface area contributed by atoms with Crippen molar-refractivity contribution >= 4 is 27.5 Å². The molecule has 5 heterocycles. The van der Waals surface area contributed by atoms with E-state index >= 15 is 8.78 Å². The first-order valence-corrected chi connectivity index (χ1v) is 15.2. The number of phenols is 1. The van der Waals surface area contributed by atoms with Crippen LogP contribution in [0.1, 0.15) is 38.2 Å². The summed E-state index contributed by atoms with van der Waals surface area (Å²) in [6.45, 7) is 4.46. The van der Waals surface area contributed by atoms with Crippen molar-refractivity contribution in [1.29, 1.82) is 0 Å². The summed E-state index contributed by atoms with van der Waals surface area (Å²) in [5.41, 5.74) is -0.0893. The fourth-order valence-electron chi connectivity index (χ4n) is 7.28. The van der Waals surface area contributed by atoms with Crippen LogP contribution in [-0.4, -0.2) is 82.0 Å². The Hall–Kier alpha value is -3.77. The Kier molecular flexibility index (Phi) is 7.44. The lowest BCUT2D eigenvalue weighted by Gasteiger charge is -2.35. The number of pyridine rings is 1. The fourth-order valence-corrected chi connectivity index (χ4v) is 7.28. The summed E-state index contributed by atoms with van der Waals surface area (Å²) < 4.78 is 65.3. The Balaban J connectivity index is 1.39. The van der Waals surface area contributed by atoms with Gasteiger partial charge in [0.1, 0.15) is 31.0 Å². The van der Waals surface area contributed by atoms with Gasteiger partial charge in [-0.05, 0) is 49.4 Å². The normalized spacial score (nSPS) is 24.0. The second-order valence-electron chi connectivity index (χ2n) is 12.1. The van der Waals surface area contributed by atoms with E-state index in [9.17, 15) is 13.9 Å². The number of phenolic OH excluding ortho intramolecular Hbond substituents is 1. The first-order valence-electron chi connectivity index (χ1n) is 15.2. The lowest BCUT2D eigenvalue weighted by atomic mass is 9.95. The smallest absolute Gasteiger partial charge is 0.319 e. The highest BCUT2D eigenvalue weighted by Gasteiger charge is 2.49. The topological polar surface area (TPSA) is 86.6 Å². The number of fused-ring (bicyclic) bond motifs is 3. The number of benzene rings is 2. The van der Waals surface area contributed by atoms with E-state index in [0.29, 0.717) is 37.3 Å². The zero-order chi connectivity index (χ0) is 30.6. The van der Waals surface area contributed by atoms with Gasteiger partial charge < -0.3 is 20.1 Å². The van der Waals surface area contributed by atoms with Crippen LogP contribution in [0.15, 0.2) is 30.5 Å². The van der Waals surface area contributed by atoms with Crippen LogP contribution in [-0.2, 0) is 6.67 Å². The molecule has 3 fully saturated rings. The molecule has 2 aromatic carbocycles. The summed E-state index contributed by atoms with van der Waals surface area (Å²) in [4.78, 5) is 18.2. The average Bonchev–Trinajstić information content (AvgIpc) is 3.56. The molecule has 3 aliphatic heterocycles. The maximum atomic E-state index is 15.2. The molecule has 0 saturated carbocycles. The summed E-state index contributed by atoms with van der Waals surface area (Å²) in [5, 5.41) is 14.6. The summed E-state index contributed by atoms with van der Waals surface area (Å²) >= 11 is 0. The number of halogens is 4. The van der Waals surface area contributed by atoms with Crippen LogP contribution in [0.3, 0.4) is 0 Å². The molecule has 3 saturated heterocycles. The number of aromatic nitrogens is 3. The zero-order valence-electron chi connectivity index (χ0n) is 24.4. The molecule has 44 heavy (non-hydrogen) atoms. The van der Waals surface area contributed by atoms with Gasteiger partial charge in [0, 0.05) is 61.4 Å². The van der Waals surface area contributed by atoms with Crippen molar-refractivity contribution in [3.05, 3.63) is 47.7 Å². The third kappa shape index (κ3) is 4.88. The molecule has 3 atom stereocenters. The first kappa shape index (κ1) is 29.0. The third-order valence-electron chi connectivity index (χ3n) is 9.46. The molecule has 0 bridgehead atoms. The maximum absolute atomic E-state index is 15.2. The Bertz CT molecular complexity index is 1740. The van der Waals surface area contributed by atoms with Crippen molar-refractivity contribution in [2.45, 2.75) is 57.0 Å². The highest BCUT2D eigenvalue weighted by atomic mass is 19.2. The highest BCUT2D eigenvalue weighted by molar-refractivity contribution is 6.01. The van der Waals surface area contributed by atoms with E-state index in [1.54, 1.807) is 0 Å². The van der Waals surface area contributed by atoms with Gasteiger partial charge in [0.15, 0.2) is 11.6 Å². The summed E-state index contributed by atoms with van der Waals surface area (Å²) in [6, 6.07) is 5.15.